The van der Waals surface area contributed by atoms with Crippen molar-refractivity contribution in [1.82, 2.24) is 10.2 Å². The van der Waals surface area contributed by atoms with Crippen molar-refractivity contribution in [1.29, 1.82) is 0 Å². The largest absolute Gasteiger partial charge is 0.480 e. The maximum atomic E-state index is 11.9. The minimum absolute atomic E-state index is 0.134. The summed E-state index contributed by atoms with van der Waals surface area (Å²) >= 11 is 1.48. The van der Waals surface area contributed by atoms with Crippen molar-refractivity contribution in [2.45, 2.75) is 38.3 Å². The monoisotopic (exact) mass is 258 g/mol. The van der Waals surface area contributed by atoms with E-state index in [2.05, 4.69) is 5.32 Å². The van der Waals surface area contributed by atoms with Gasteiger partial charge in [-0.3, -0.25) is 0 Å². The smallest absolute Gasteiger partial charge is 0.327 e. The van der Waals surface area contributed by atoms with Gasteiger partial charge in [-0.15, -0.1) is 11.8 Å². The molecule has 6 heteroatoms. The average molecular weight is 258 g/mol. The van der Waals surface area contributed by atoms with E-state index in [0.717, 1.165) is 12.3 Å². The highest BCUT2D eigenvalue weighted by Gasteiger charge is 2.35. The quantitative estimate of drug-likeness (QED) is 0.798. The number of urea groups is 1. The Morgan fingerprint density at radius 1 is 1.53 bits per heavy atom. The molecule has 5 nitrogen and oxygen atoms in total. The fraction of sp³-hybridized carbons (Fsp3) is 0.818. The summed E-state index contributed by atoms with van der Waals surface area (Å²) in [6.07, 6.45) is 3.53. The Kier molecular flexibility index (Phi) is 3.81. The van der Waals surface area contributed by atoms with E-state index in [9.17, 15) is 9.59 Å². The molecule has 1 aliphatic heterocycles. The Hall–Kier alpha value is -0.910. The first-order valence-corrected chi connectivity index (χ1v) is 7.11. The van der Waals surface area contributed by atoms with E-state index in [0.29, 0.717) is 11.6 Å². The number of carbonyl (C=O) groups is 2. The van der Waals surface area contributed by atoms with Crippen molar-refractivity contribution in [3.63, 3.8) is 0 Å². The van der Waals surface area contributed by atoms with Crippen LogP contribution in [0.25, 0.3) is 0 Å². The highest BCUT2D eigenvalue weighted by Crippen LogP contribution is 2.33. The van der Waals surface area contributed by atoms with Crippen LogP contribution >= 0.6 is 11.8 Å². The Bertz CT molecular complexity index is 320. The van der Waals surface area contributed by atoms with Gasteiger partial charge in [0.2, 0.25) is 0 Å². The molecule has 0 spiro atoms. The van der Waals surface area contributed by atoms with E-state index in [4.69, 9.17) is 5.11 Å². The summed E-state index contributed by atoms with van der Waals surface area (Å²) in [7, 11) is 0. The summed E-state index contributed by atoms with van der Waals surface area (Å²) in [5.74, 6) is 0.798. The summed E-state index contributed by atoms with van der Waals surface area (Å²) in [5.41, 5.74) is 0. The first-order chi connectivity index (χ1) is 8.08. The molecule has 1 saturated carbocycles. The zero-order chi connectivity index (χ0) is 12.4. The van der Waals surface area contributed by atoms with E-state index < -0.39 is 12.0 Å². The summed E-state index contributed by atoms with van der Waals surface area (Å²) in [6, 6.07) is -0.779. The number of nitrogens with one attached hydrogen (secondary N) is 1. The van der Waals surface area contributed by atoms with Crippen LogP contribution in [0.2, 0.25) is 0 Å². The van der Waals surface area contributed by atoms with E-state index in [1.165, 1.54) is 29.5 Å². The standard InChI is InChI=1S/C11H18N2O3S/c1-7(4-8-2-3-8)12-11(16)13-6-17-5-9(13)10(14)15/h7-9H,2-6H2,1H3,(H,12,16)(H,14,15). The number of carbonyl (C=O) groups excluding carboxylic acids is 1. The minimum atomic E-state index is -0.917. The van der Waals surface area contributed by atoms with Crippen molar-refractivity contribution in [2.24, 2.45) is 5.92 Å². The number of thioether (sulfide) groups is 1. The summed E-state index contributed by atoms with van der Waals surface area (Å²) < 4.78 is 0. The molecule has 0 bridgehead atoms. The number of rotatable bonds is 4. The lowest BCUT2D eigenvalue weighted by Gasteiger charge is -2.23. The Morgan fingerprint density at radius 2 is 2.24 bits per heavy atom. The van der Waals surface area contributed by atoms with Gasteiger partial charge in [-0.1, -0.05) is 12.8 Å². The average Bonchev–Trinajstić information content (AvgIpc) is 2.92. The molecular weight excluding hydrogens is 240 g/mol. The summed E-state index contributed by atoms with van der Waals surface area (Å²) in [6.45, 7) is 1.98. The van der Waals surface area contributed by atoms with Gasteiger partial charge in [0.05, 0.1) is 5.88 Å². The third-order valence-corrected chi connectivity index (χ3v) is 4.19. The zero-order valence-electron chi connectivity index (χ0n) is 9.89. The third-order valence-electron chi connectivity index (χ3n) is 3.18. The lowest BCUT2D eigenvalue weighted by molar-refractivity contribution is -0.140. The van der Waals surface area contributed by atoms with Crippen LogP contribution in [0.1, 0.15) is 26.2 Å². The topological polar surface area (TPSA) is 69.6 Å². The predicted octanol–water partition coefficient (Wildman–Crippen LogP) is 1.34. The fourth-order valence-corrected chi connectivity index (χ4v) is 3.20. The van der Waals surface area contributed by atoms with Crippen LogP contribution in [0.4, 0.5) is 4.79 Å². The minimum Gasteiger partial charge on any atom is -0.480 e. The second-order valence-corrected chi connectivity index (χ2v) is 5.85. The van der Waals surface area contributed by atoms with Gasteiger partial charge < -0.3 is 15.3 Å². The number of aliphatic carboxylic acids is 1. The molecular formula is C11H18N2O3S. The number of nitrogens with zero attached hydrogens (tertiary/aromatic N) is 1. The molecule has 2 rings (SSSR count). The highest BCUT2D eigenvalue weighted by atomic mass is 32.2. The lowest BCUT2D eigenvalue weighted by atomic mass is 10.2. The molecule has 2 unspecified atom stereocenters. The van der Waals surface area contributed by atoms with Crippen LogP contribution in [-0.2, 0) is 4.79 Å². The maximum Gasteiger partial charge on any atom is 0.327 e. The fourth-order valence-electron chi connectivity index (χ4n) is 2.05. The van der Waals surface area contributed by atoms with Gasteiger partial charge in [0.15, 0.2) is 0 Å². The second kappa shape index (κ2) is 5.16. The molecule has 2 amide bonds. The number of carboxylic acid groups (broad SMARTS) is 1. The first-order valence-electron chi connectivity index (χ1n) is 5.95. The van der Waals surface area contributed by atoms with Crippen LogP contribution in [0, 0.1) is 5.92 Å². The van der Waals surface area contributed by atoms with Gasteiger partial charge in [0, 0.05) is 11.8 Å². The van der Waals surface area contributed by atoms with Gasteiger partial charge in [0.1, 0.15) is 6.04 Å². The van der Waals surface area contributed by atoms with Gasteiger partial charge in [0.25, 0.3) is 0 Å². The maximum absolute atomic E-state index is 11.9. The Balaban J connectivity index is 1.83. The van der Waals surface area contributed by atoms with E-state index >= 15 is 0 Å². The summed E-state index contributed by atoms with van der Waals surface area (Å²) in [4.78, 5) is 24.3. The molecule has 1 saturated heterocycles. The Labute approximate surface area is 105 Å². The number of hydrogen-bond donors (Lipinski definition) is 2. The molecule has 0 aromatic heterocycles. The normalized spacial score (nSPS) is 25.7. The molecule has 2 atom stereocenters. The van der Waals surface area contributed by atoms with Crippen molar-refractivity contribution in [3.05, 3.63) is 0 Å². The van der Waals surface area contributed by atoms with E-state index in [1.54, 1.807) is 0 Å². The van der Waals surface area contributed by atoms with Crippen LogP contribution < -0.4 is 5.32 Å². The van der Waals surface area contributed by atoms with Crippen LogP contribution in [-0.4, -0.2) is 45.7 Å². The molecule has 17 heavy (non-hydrogen) atoms. The van der Waals surface area contributed by atoms with Gasteiger partial charge >= 0.3 is 12.0 Å². The second-order valence-electron chi connectivity index (χ2n) is 4.85. The van der Waals surface area contributed by atoms with E-state index in [1.807, 2.05) is 6.92 Å². The number of hydrogen-bond acceptors (Lipinski definition) is 3. The SMILES string of the molecule is CC(CC1CC1)NC(=O)N1CSCC1C(=O)O. The molecule has 0 aromatic carbocycles. The van der Waals surface area contributed by atoms with Crippen molar-refractivity contribution < 1.29 is 14.7 Å². The molecule has 0 aromatic rings. The first kappa shape index (κ1) is 12.5. The molecule has 2 N–H and O–H groups in total. The number of carboxylic acids is 1. The van der Waals surface area contributed by atoms with Crippen LogP contribution in [0.15, 0.2) is 0 Å². The molecule has 1 aliphatic carbocycles. The van der Waals surface area contributed by atoms with Crippen LogP contribution in [0.5, 0.6) is 0 Å². The third kappa shape index (κ3) is 3.28. The molecule has 2 fully saturated rings. The number of amides is 2. The highest BCUT2D eigenvalue weighted by molar-refractivity contribution is 7.99. The molecule has 1 heterocycles. The van der Waals surface area contributed by atoms with Gasteiger partial charge in [-0.2, -0.15) is 0 Å². The predicted molar refractivity (Wildman–Crippen MR) is 65.9 cm³/mol. The van der Waals surface area contributed by atoms with Crippen molar-refractivity contribution in [3.8, 4) is 0 Å². The van der Waals surface area contributed by atoms with Crippen molar-refractivity contribution >= 4 is 23.8 Å². The Morgan fingerprint density at radius 3 is 2.82 bits per heavy atom. The molecule has 0 radical (unpaired) electrons. The van der Waals surface area contributed by atoms with Crippen molar-refractivity contribution in [2.75, 3.05) is 11.6 Å². The molecule has 2 aliphatic rings. The molecule has 96 valence electrons. The lowest BCUT2D eigenvalue weighted by Crippen LogP contribution is -2.49. The zero-order valence-corrected chi connectivity index (χ0v) is 10.7. The van der Waals surface area contributed by atoms with Gasteiger partial charge in [-0.25, -0.2) is 9.59 Å². The summed E-state index contributed by atoms with van der Waals surface area (Å²) in [5, 5.41) is 11.9. The van der Waals surface area contributed by atoms with E-state index in [-0.39, 0.29) is 12.1 Å². The van der Waals surface area contributed by atoms with Gasteiger partial charge in [-0.05, 0) is 19.3 Å². The van der Waals surface area contributed by atoms with Crippen LogP contribution in [0.3, 0.4) is 0 Å².